The van der Waals surface area contributed by atoms with Gasteiger partial charge in [-0.15, -0.1) is 11.3 Å². The number of hydrogen-bond acceptors (Lipinski definition) is 3. The first-order valence-corrected chi connectivity index (χ1v) is 6.14. The average Bonchev–Trinajstić information content (AvgIpc) is 2.78. The molecule has 0 fully saturated rings. The second-order valence-corrected chi connectivity index (χ2v) is 5.03. The molecule has 0 aliphatic heterocycles. The van der Waals surface area contributed by atoms with E-state index in [-0.39, 0.29) is 5.78 Å². The Morgan fingerprint density at radius 1 is 1.29 bits per heavy atom. The molecule has 0 amide bonds. The van der Waals surface area contributed by atoms with Crippen molar-refractivity contribution >= 4 is 23.4 Å². The zero-order valence-corrected chi connectivity index (χ0v) is 10.3. The highest BCUT2D eigenvalue weighted by atomic mass is 32.1. The van der Waals surface area contributed by atoms with E-state index in [1.807, 2.05) is 30.3 Å². The summed E-state index contributed by atoms with van der Waals surface area (Å²) in [4.78, 5) is 23.8. The van der Waals surface area contributed by atoms with Gasteiger partial charge in [-0.3, -0.25) is 9.59 Å². The quantitative estimate of drug-likeness (QED) is 0.610. The fourth-order valence-electron chi connectivity index (χ4n) is 1.64. The number of rotatable bonds is 4. The molecule has 1 heterocycles. The first-order chi connectivity index (χ1) is 8.19. The van der Waals surface area contributed by atoms with E-state index in [0.29, 0.717) is 5.56 Å². The predicted molar refractivity (Wildman–Crippen MR) is 69.0 cm³/mol. The molecule has 1 aromatic carbocycles. The van der Waals surface area contributed by atoms with Gasteiger partial charge in [-0.2, -0.15) is 0 Å². The van der Waals surface area contributed by atoms with Crippen LogP contribution < -0.4 is 0 Å². The molecule has 0 N–H and O–H groups in total. The minimum Gasteiger partial charge on any atom is -0.298 e. The lowest BCUT2D eigenvalue weighted by molar-refractivity contribution is 0.102. The van der Waals surface area contributed by atoms with Crippen molar-refractivity contribution in [3.8, 4) is 0 Å². The van der Waals surface area contributed by atoms with Crippen molar-refractivity contribution in [1.82, 2.24) is 0 Å². The molecule has 0 aliphatic carbocycles. The van der Waals surface area contributed by atoms with Gasteiger partial charge in [0.25, 0.3) is 0 Å². The van der Waals surface area contributed by atoms with Crippen LogP contribution in [0.3, 0.4) is 0 Å². The minimum absolute atomic E-state index is 0.0999. The summed E-state index contributed by atoms with van der Waals surface area (Å²) >= 11 is 1.51. The fraction of sp³-hybridized carbons (Fsp3) is 0.143. The molecule has 0 atom stereocenters. The summed E-state index contributed by atoms with van der Waals surface area (Å²) in [7, 11) is 0. The molecule has 86 valence electrons. The zero-order valence-electron chi connectivity index (χ0n) is 9.47. The Morgan fingerprint density at radius 3 is 2.76 bits per heavy atom. The number of aldehydes is 1. The molecule has 0 spiro atoms. The van der Waals surface area contributed by atoms with Gasteiger partial charge in [0.2, 0.25) is 0 Å². The lowest BCUT2D eigenvalue weighted by atomic mass is 10.1. The largest absolute Gasteiger partial charge is 0.298 e. The molecule has 0 unspecified atom stereocenters. The first kappa shape index (κ1) is 11.7. The van der Waals surface area contributed by atoms with Crippen LogP contribution in [-0.4, -0.2) is 12.1 Å². The number of benzene rings is 1. The molecule has 2 nitrogen and oxygen atoms in total. The van der Waals surface area contributed by atoms with Gasteiger partial charge in [-0.05, 0) is 30.7 Å². The second kappa shape index (κ2) is 5.06. The van der Waals surface area contributed by atoms with Crippen molar-refractivity contribution in [2.24, 2.45) is 0 Å². The van der Waals surface area contributed by atoms with Crippen LogP contribution in [0.25, 0.3) is 0 Å². The molecular formula is C14H12O2S. The smallest absolute Gasteiger partial charge is 0.169 e. The van der Waals surface area contributed by atoms with Gasteiger partial charge in [-0.1, -0.05) is 18.2 Å². The van der Waals surface area contributed by atoms with E-state index in [2.05, 4.69) is 0 Å². The number of hydrogen-bond donors (Lipinski definition) is 0. The normalized spacial score (nSPS) is 10.2. The molecule has 17 heavy (non-hydrogen) atoms. The summed E-state index contributed by atoms with van der Waals surface area (Å²) in [6, 6.07) is 11.3. The Bertz CT molecular complexity index is 555. The Kier molecular flexibility index (Phi) is 3.49. The summed E-state index contributed by atoms with van der Waals surface area (Å²) in [5.41, 5.74) is 1.78. The summed E-state index contributed by atoms with van der Waals surface area (Å²) in [5, 5.41) is 0. The van der Waals surface area contributed by atoms with Crippen LogP contribution in [0.2, 0.25) is 0 Å². The van der Waals surface area contributed by atoms with Gasteiger partial charge in [-0.25, -0.2) is 0 Å². The molecule has 0 saturated heterocycles. The topological polar surface area (TPSA) is 34.1 Å². The van der Waals surface area contributed by atoms with E-state index in [1.165, 1.54) is 11.3 Å². The van der Waals surface area contributed by atoms with Crippen molar-refractivity contribution in [3.63, 3.8) is 0 Å². The zero-order chi connectivity index (χ0) is 12.3. The Hall–Kier alpha value is -1.74. The highest BCUT2D eigenvalue weighted by molar-refractivity contribution is 7.14. The van der Waals surface area contributed by atoms with E-state index in [1.54, 1.807) is 13.0 Å². The molecule has 2 rings (SSSR count). The lowest BCUT2D eigenvalue weighted by Crippen LogP contribution is -1.87. The SMILES string of the molecule is CC(=O)c1ccc(Cc2cccc(C=O)c2)s1. The van der Waals surface area contributed by atoms with Crippen molar-refractivity contribution in [1.29, 1.82) is 0 Å². The highest BCUT2D eigenvalue weighted by Gasteiger charge is 2.05. The van der Waals surface area contributed by atoms with Crippen molar-refractivity contribution < 1.29 is 9.59 Å². The van der Waals surface area contributed by atoms with E-state index in [4.69, 9.17) is 0 Å². The maximum Gasteiger partial charge on any atom is 0.169 e. The number of ketones is 1. The van der Waals surface area contributed by atoms with E-state index >= 15 is 0 Å². The first-order valence-electron chi connectivity index (χ1n) is 5.33. The molecule has 1 aromatic heterocycles. The van der Waals surface area contributed by atoms with Gasteiger partial charge < -0.3 is 0 Å². The van der Waals surface area contributed by atoms with Crippen LogP contribution >= 0.6 is 11.3 Å². The molecule has 3 heteroatoms. The minimum atomic E-state index is 0.0999. The summed E-state index contributed by atoms with van der Waals surface area (Å²) in [6.45, 7) is 1.57. The van der Waals surface area contributed by atoms with Crippen molar-refractivity contribution in [2.75, 3.05) is 0 Å². The maximum atomic E-state index is 11.2. The molecule has 0 bridgehead atoms. The van der Waals surface area contributed by atoms with Gasteiger partial charge in [0.1, 0.15) is 6.29 Å². The van der Waals surface area contributed by atoms with Crippen LogP contribution in [-0.2, 0) is 6.42 Å². The van der Waals surface area contributed by atoms with Gasteiger partial charge in [0.05, 0.1) is 4.88 Å². The third-order valence-corrected chi connectivity index (χ3v) is 3.66. The predicted octanol–water partition coefficient (Wildman–Crippen LogP) is 3.35. The standard InChI is InChI=1S/C14H12O2S/c1-10(16)14-6-5-13(17-14)8-11-3-2-4-12(7-11)9-15/h2-7,9H,8H2,1H3. The molecular weight excluding hydrogens is 232 g/mol. The van der Waals surface area contributed by atoms with Crippen LogP contribution in [0.5, 0.6) is 0 Å². The van der Waals surface area contributed by atoms with Crippen LogP contribution in [0, 0.1) is 0 Å². The summed E-state index contributed by atoms with van der Waals surface area (Å²) in [5.74, 6) is 0.0999. The monoisotopic (exact) mass is 244 g/mol. The average molecular weight is 244 g/mol. The number of carbonyl (C=O) groups is 2. The van der Waals surface area contributed by atoms with Crippen LogP contribution in [0.1, 0.15) is 37.4 Å². The Labute approximate surface area is 104 Å². The van der Waals surface area contributed by atoms with Gasteiger partial charge >= 0.3 is 0 Å². The Balaban J connectivity index is 2.19. The molecule has 2 aromatic rings. The molecule has 0 radical (unpaired) electrons. The van der Waals surface area contributed by atoms with Crippen molar-refractivity contribution in [3.05, 3.63) is 57.3 Å². The van der Waals surface area contributed by atoms with Gasteiger partial charge in [0, 0.05) is 16.9 Å². The molecule has 0 aliphatic rings. The van der Waals surface area contributed by atoms with E-state index in [9.17, 15) is 9.59 Å². The number of Topliss-reactive ketones (excluding diaryl/α,β-unsaturated/α-hetero) is 1. The van der Waals surface area contributed by atoms with Crippen LogP contribution in [0.15, 0.2) is 36.4 Å². The Morgan fingerprint density at radius 2 is 2.12 bits per heavy atom. The van der Waals surface area contributed by atoms with Crippen LogP contribution in [0.4, 0.5) is 0 Å². The molecule has 0 saturated carbocycles. The third kappa shape index (κ3) is 2.88. The summed E-state index contributed by atoms with van der Waals surface area (Å²) < 4.78 is 0. The number of carbonyl (C=O) groups excluding carboxylic acids is 2. The van der Waals surface area contributed by atoms with Gasteiger partial charge in [0.15, 0.2) is 5.78 Å². The summed E-state index contributed by atoms with van der Waals surface area (Å²) in [6.07, 6.45) is 1.61. The second-order valence-electron chi connectivity index (χ2n) is 3.86. The lowest BCUT2D eigenvalue weighted by Gasteiger charge is -1.99. The van der Waals surface area contributed by atoms with E-state index < -0.39 is 0 Å². The number of thiophene rings is 1. The maximum absolute atomic E-state index is 11.2. The third-order valence-electron chi connectivity index (χ3n) is 2.47. The van der Waals surface area contributed by atoms with E-state index in [0.717, 1.165) is 28.0 Å². The fourth-order valence-corrected chi connectivity index (χ4v) is 2.58. The highest BCUT2D eigenvalue weighted by Crippen LogP contribution is 2.20. The van der Waals surface area contributed by atoms with Crippen molar-refractivity contribution in [2.45, 2.75) is 13.3 Å².